The van der Waals surface area contributed by atoms with Crippen LogP contribution in [0.4, 0.5) is 0 Å². The van der Waals surface area contributed by atoms with E-state index in [1.807, 2.05) is 35.2 Å². The number of H-pyrrole nitrogens is 1. The summed E-state index contributed by atoms with van der Waals surface area (Å²) in [5, 5.41) is 10.6. The van der Waals surface area contributed by atoms with Gasteiger partial charge in [0.15, 0.2) is 0 Å². The molecule has 24 heavy (non-hydrogen) atoms. The number of hydrogen-bond donors (Lipinski definition) is 2. The van der Waals surface area contributed by atoms with E-state index in [9.17, 15) is 4.79 Å². The third-order valence-corrected chi connectivity index (χ3v) is 5.13. The molecule has 2 atom stereocenters. The summed E-state index contributed by atoms with van der Waals surface area (Å²) in [5.41, 5.74) is 2.30. The number of fused-ring (bicyclic) bond motifs is 1. The van der Waals surface area contributed by atoms with Crippen LogP contribution >= 0.6 is 0 Å². The van der Waals surface area contributed by atoms with Crippen molar-refractivity contribution in [2.75, 3.05) is 26.7 Å². The van der Waals surface area contributed by atoms with Gasteiger partial charge in [-0.1, -0.05) is 0 Å². The molecule has 2 N–H and O–H groups in total. The fourth-order valence-electron chi connectivity index (χ4n) is 3.82. The van der Waals surface area contributed by atoms with E-state index in [2.05, 4.69) is 15.5 Å². The molecule has 2 aliphatic heterocycles. The van der Waals surface area contributed by atoms with Crippen LogP contribution in [0.25, 0.3) is 11.3 Å². The number of benzene rings is 1. The average molecular weight is 326 g/mol. The van der Waals surface area contributed by atoms with Gasteiger partial charge in [0, 0.05) is 31.2 Å². The molecule has 0 aliphatic carbocycles. The molecule has 1 aromatic carbocycles. The van der Waals surface area contributed by atoms with Crippen LogP contribution in [0.2, 0.25) is 0 Å². The molecule has 0 spiro atoms. The summed E-state index contributed by atoms with van der Waals surface area (Å²) in [6.45, 7) is 2.75. The zero-order valence-corrected chi connectivity index (χ0v) is 13.8. The Bertz CT molecular complexity index is 725. The molecule has 2 aromatic rings. The van der Waals surface area contributed by atoms with E-state index in [0.29, 0.717) is 17.7 Å². The lowest BCUT2D eigenvalue weighted by Crippen LogP contribution is -2.48. The predicted octanol–water partition coefficient (Wildman–Crippen LogP) is 1.91. The number of nitrogens with zero attached hydrogens (tertiary/aromatic N) is 2. The molecule has 2 aliphatic rings. The number of rotatable bonds is 3. The summed E-state index contributed by atoms with van der Waals surface area (Å²) in [6, 6.07) is 9.84. The van der Waals surface area contributed by atoms with Crippen molar-refractivity contribution in [3.63, 3.8) is 0 Å². The molecule has 6 nitrogen and oxygen atoms in total. The minimum Gasteiger partial charge on any atom is -0.497 e. The van der Waals surface area contributed by atoms with Crippen molar-refractivity contribution >= 4 is 5.91 Å². The SMILES string of the molecule is COc1ccc(-c2cc(C(=O)N3CCC[C@H]4CNC[C@H]43)[nH]n2)cc1. The standard InChI is InChI=1S/C18H22N4O2/c1-24-14-6-4-12(5-7-14)15-9-16(21-20-15)18(23)22-8-2-3-13-10-19-11-17(13)22/h4-7,9,13,17,19H,2-3,8,10-11H2,1H3,(H,20,21)/t13-,17+/m0/s1. The van der Waals surface area contributed by atoms with Crippen molar-refractivity contribution in [2.24, 2.45) is 5.92 Å². The highest BCUT2D eigenvalue weighted by Crippen LogP contribution is 2.28. The maximum Gasteiger partial charge on any atom is 0.272 e. The van der Waals surface area contributed by atoms with Gasteiger partial charge in [-0.15, -0.1) is 0 Å². The maximum absolute atomic E-state index is 12.9. The molecule has 2 fully saturated rings. The first-order chi connectivity index (χ1) is 11.8. The van der Waals surface area contributed by atoms with Crippen molar-refractivity contribution in [1.82, 2.24) is 20.4 Å². The number of carbonyl (C=O) groups is 1. The van der Waals surface area contributed by atoms with E-state index in [-0.39, 0.29) is 5.91 Å². The summed E-state index contributed by atoms with van der Waals surface area (Å²) < 4.78 is 5.17. The molecule has 0 bridgehead atoms. The Kier molecular flexibility index (Phi) is 3.98. The van der Waals surface area contributed by atoms with Crippen molar-refractivity contribution in [3.8, 4) is 17.0 Å². The fraction of sp³-hybridized carbons (Fsp3) is 0.444. The smallest absolute Gasteiger partial charge is 0.272 e. The molecule has 1 aromatic heterocycles. The zero-order valence-electron chi connectivity index (χ0n) is 13.8. The number of aromatic nitrogens is 2. The lowest BCUT2D eigenvalue weighted by atomic mass is 9.92. The Labute approximate surface area is 141 Å². The molecule has 2 saturated heterocycles. The van der Waals surface area contributed by atoms with E-state index >= 15 is 0 Å². The van der Waals surface area contributed by atoms with Crippen LogP contribution in [0.5, 0.6) is 5.75 Å². The second kappa shape index (κ2) is 6.28. The van der Waals surface area contributed by atoms with Crippen LogP contribution in [0.3, 0.4) is 0 Å². The van der Waals surface area contributed by atoms with E-state index in [4.69, 9.17) is 4.74 Å². The van der Waals surface area contributed by atoms with Crippen molar-refractivity contribution < 1.29 is 9.53 Å². The van der Waals surface area contributed by atoms with Crippen LogP contribution in [0.1, 0.15) is 23.3 Å². The minimum atomic E-state index is 0.0562. The topological polar surface area (TPSA) is 70.2 Å². The van der Waals surface area contributed by atoms with Gasteiger partial charge in [0.1, 0.15) is 11.4 Å². The van der Waals surface area contributed by atoms with Gasteiger partial charge in [0.05, 0.1) is 12.8 Å². The predicted molar refractivity (Wildman–Crippen MR) is 91.0 cm³/mol. The molecule has 6 heteroatoms. The highest BCUT2D eigenvalue weighted by atomic mass is 16.5. The summed E-state index contributed by atoms with van der Waals surface area (Å²) >= 11 is 0. The molecule has 0 saturated carbocycles. The quantitative estimate of drug-likeness (QED) is 0.904. The second-order valence-corrected chi connectivity index (χ2v) is 6.52. The van der Waals surface area contributed by atoms with Crippen LogP contribution in [-0.4, -0.2) is 53.8 Å². The number of ether oxygens (including phenoxy) is 1. The van der Waals surface area contributed by atoms with Gasteiger partial charge in [-0.05, 0) is 49.1 Å². The fourth-order valence-corrected chi connectivity index (χ4v) is 3.82. The van der Waals surface area contributed by atoms with Crippen LogP contribution in [0.15, 0.2) is 30.3 Å². The molecule has 1 amide bonds. The van der Waals surface area contributed by atoms with Crippen LogP contribution in [0, 0.1) is 5.92 Å². The van der Waals surface area contributed by atoms with Gasteiger partial charge >= 0.3 is 0 Å². The van der Waals surface area contributed by atoms with Crippen molar-refractivity contribution in [3.05, 3.63) is 36.0 Å². The van der Waals surface area contributed by atoms with Crippen molar-refractivity contribution in [2.45, 2.75) is 18.9 Å². The Morgan fingerprint density at radius 3 is 2.92 bits per heavy atom. The third-order valence-electron chi connectivity index (χ3n) is 5.13. The molecule has 0 unspecified atom stereocenters. The normalized spacial score (nSPS) is 23.1. The minimum absolute atomic E-state index is 0.0562. The number of hydrogen-bond acceptors (Lipinski definition) is 4. The van der Waals surface area contributed by atoms with Crippen LogP contribution in [-0.2, 0) is 0 Å². The molecule has 4 rings (SSSR count). The average Bonchev–Trinajstić information content (AvgIpc) is 3.30. The van der Waals surface area contributed by atoms with Gasteiger partial charge < -0.3 is 15.0 Å². The lowest BCUT2D eigenvalue weighted by molar-refractivity contribution is 0.0568. The number of likely N-dealkylation sites (tertiary alicyclic amines) is 1. The number of methoxy groups -OCH3 is 1. The van der Waals surface area contributed by atoms with E-state index in [1.54, 1.807) is 7.11 Å². The zero-order chi connectivity index (χ0) is 16.5. The first-order valence-electron chi connectivity index (χ1n) is 8.48. The van der Waals surface area contributed by atoms with Crippen molar-refractivity contribution in [1.29, 1.82) is 0 Å². The van der Waals surface area contributed by atoms with E-state index in [0.717, 1.165) is 43.1 Å². The van der Waals surface area contributed by atoms with Gasteiger partial charge in [-0.2, -0.15) is 5.10 Å². The van der Waals surface area contributed by atoms with Gasteiger partial charge in [0.2, 0.25) is 0 Å². The second-order valence-electron chi connectivity index (χ2n) is 6.52. The van der Waals surface area contributed by atoms with E-state index in [1.165, 1.54) is 6.42 Å². The Morgan fingerprint density at radius 1 is 1.29 bits per heavy atom. The lowest BCUT2D eigenvalue weighted by Gasteiger charge is -2.36. The Morgan fingerprint density at radius 2 is 2.12 bits per heavy atom. The highest BCUT2D eigenvalue weighted by molar-refractivity contribution is 5.93. The van der Waals surface area contributed by atoms with Gasteiger partial charge in [-0.25, -0.2) is 0 Å². The summed E-state index contributed by atoms with van der Waals surface area (Å²) in [7, 11) is 1.64. The van der Waals surface area contributed by atoms with Crippen LogP contribution < -0.4 is 10.1 Å². The highest BCUT2D eigenvalue weighted by Gasteiger charge is 2.38. The first kappa shape index (κ1) is 15.2. The number of nitrogens with one attached hydrogen (secondary N) is 2. The number of amides is 1. The molecular weight excluding hydrogens is 304 g/mol. The monoisotopic (exact) mass is 326 g/mol. The molecular formula is C18H22N4O2. The summed E-state index contributed by atoms with van der Waals surface area (Å²) in [6.07, 6.45) is 2.29. The van der Waals surface area contributed by atoms with Gasteiger partial charge in [-0.3, -0.25) is 9.89 Å². The number of carbonyl (C=O) groups excluding carboxylic acids is 1. The Balaban J connectivity index is 1.54. The largest absolute Gasteiger partial charge is 0.497 e. The summed E-state index contributed by atoms with van der Waals surface area (Å²) in [4.78, 5) is 14.9. The molecule has 126 valence electrons. The number of aromatic amines is 1. The number of piperidine rings is 1. The van der Waals surface area contributed by atoms with E-state index < -0.39 is 0 Å². The maximum atomic E-state index is 12.9. The molecule has 0 radical (unpaired) electrons. The Hall–Kier alpha value is -2.34. The first-order valence-corrected chi connectivity index (χ1v) is 8.48. The molecule has 3 heterocycles. The third kappa shape index (κ3) is 2.67. The summed E-state index contributed by atoms with van der Waals surface area (Å²) in [5.74, 6) is 1.45. The van der Waals surface area contributed by atoms with Gasteiger partial charge in [0.25, 0.3) is 5.91 Å².